The minimum absolute atomic E-state index is 0.208. The third kappa shape index (κ3) is 4.90. The number of hydrogen-bond donors (Lipinski definition) is 2. The molecule has 0 aromatic heterocycles. The van der Waals surface area contributed by atoms with Gasteiger partial charge in [-0.3, -0.25) is 20.4 Å². The van der Waals surface area contributed by atoms with Gasteiger partial charge in [-0.05, 0) is 47.5 Å². The molecule has 0 aliphatic rings. The fourth-order valence-electron chi connectivity index (χ4n) is 1.40. The Bertz CT molecular complexity index is 463. The molecule has 0 bridgehead atoms. The highest BCUT2D eigenvalue weighted by molar-refractivity contribution is 9.10. The number of hydrogen-bond acceptors (Lipinski definition) is 3. The molecule has 5 nitrogen and oxygen atoms in total. The van der Waals surface area contributed by atoms with Crippen LogP contribution in [0.5, 0.6) is 5.75 Å². The third-order valence-corrected chi connectivity index (χ3v) is 2.91. The number of benzene rings is 1. The lowest BCUT2D eigenvalue weighted by Gasteiger charge is -2.09. The van der Waals surface area contributed by atoms with Gasteiger partial charge in [-0.1, -0.05) is 6.92 Å². The molecular formula is C13H17BrN2O3. The first-order chi connectivity index (χ1) is 9.08. The summed E-state index contributed by atoms with van der Waals surface area (Å²) < 4.78 is 6.05. The van der Waals surface area contributed by atoms with Gasteiger partial charge in [0, 0.05) is 12.0 Å². The number of ether oxygens (including phenoxy) is 1. The zero-order chi connectivity index (χ0) is 14.3. The lowest BCUT2D eigenvalue weighted by molar-refractivity contribution is -0.121. The van der Waals surface area contributed by atoms with E-state index in [1.807, 2.05) is 13.8 Å². The summed E-state index contributed by atoms with van der Waals surface area (Å²) in [4.78, 5) is 23.0. The van der Waals surface area contributed by atoms with Gasteiger partial charge in [-0.15, -0.1) is 0 Å². The third-order valence-electron chi connectivity index (χ3n) is 2.29. The van der Waals surface area contributed by atoms with E-state index in [1.165, 1.54) is 0 Å². The van der Waals surface area contributed by atoms with Gasteiger partial charge < -0.3 is 4.74 Å². The Morgan fingerprint density at radius 1 is 1.26 bits per heavy atom. The van der Waals surface area contributed by atoms with Gasteiger partial charge in [0.2, 0.25) is 5.91 Å². The van der Waals surface area contributed by atoms with E-state index < -0.39 is 0 Å². The molecule has 0 spiro atoms. The Kier molecular flexibility index (Phi) is 6.35. The minimum Gasteiger partial charge on any atom is -0.493 e. The molecule has 104 valence electrons. The van der Waals surface area contributed by atoms with Crippen molar-refractivity contribution in [2.24, 2.45) is 0 Å². The Morgan fingerprint density at radius 2 is 2.00 bits per heavy atom. The largest absolute Gasteiger partial charge is 0.493 e. The molecule has 0 radical (unpaired) electrons. The predicted molar refractivity (Wildman–Crippen MR) is 75.8 cm³/mol. The number of carbonyl (C=O) groups excluding carboxylic acids is 2. The Hall–Kier alpha value is -1.56. The first kappa shape index (κ1) is 15.5. The number of nitrogens with one attached hydrogen (secondary N) is 2. The quantitative estimate of drug-likeness (QED) is 0.815. The van der Waals surface area contributed by atoms with Crippen molar-refractivity contribution in [3.05, 3.63) is 28.2 Å². The molecule has 19 heavy (non-hydrogen) atoms. The van der Waals surface area contributed by atoms with E-state index in [9.17, 15) is 9.59 Å². The molecule has 2 amide bonds. The molecule has 2 N–H and O–H groups in total. The first-order valence-electron chi connectivity index (χ1n) is 6.10. The van der Waals surface area contributed by atoms with E-state index in [-0.39, 0.29) is 11.8 Å². The summed E-state index contributed by atoms with van der Waals surface area (Å²) in [7, 11) is 0. The van der Waals surface area contributed by atoms with Crippen LogP contribution in [0.15, 0.2) is 22.7 Å². The number of amides is 2. The number of rotatable bonds is 5. The van der Waals surface area contributed by atoms with E-state index in [2.05, 4.69) is 26.8 Å². The Balaban J connectivity index is 2.62. The zero-order valence-electron chi connectivity index (χ0n) is 11.0. The normalized spacial score (nSPS) is 9.84. The van der Waals surface area contributed by atoms with Crippen molar-refractivity contribution >= 4 is 27.7 Å². The van der Waals surface area contributed by atoms with Gasteiger partial charge in [-0.25, -0.2) is 0 Å². The molecule has 0 heterocycles. The second kappa shape index (κ2) is 7.78. The Morgan fingerprint density at radius 3 is 2.58 bits per heavy atom. The van der Waals surface area contributed by atoms with Gasteiger partial charge in [0.1, 0.15) is 5.75 Å². The minimum atomic E-state index is -0.367. The lowest BCUT2D eigenvalue weighted by Crippen LogP contribution is -2.41. The maximum Gasteiger partial charge on any atom is 0.269 e. The van der Waals surface area contributed by atoms with E-state index in [4.69, 9.17) is 4.74 Å². The molecule has 0 saturated carbocycles. The van der Waals surface area contributed by atoms with Crippen LogP contribution in [0.3, 0.4) is 0 Å². The predicted octanol–water partition coefficient (Wildman–Crippen LogP) is 2.41. The van der Waals surface area contributed by atoms with Gasteiger partial charge in [-0.2, -0.15) is 0 Å². The monoisotopic (exact) mass is 328 g/mol. The van der Waals surface area contributed by atoms with Gasteiger partial charge in [0.15, 0.2) is 0 Å². The summed E-state index contributed by atoms with van der Waals surface area (Å²) in [5.41, 5.74) is 5.16. The number of carbonyl (C=O) groups is 2. The maximum atomic E-state index is 11.8. The molecule has 0 aliphatic heterocycles. The van der Waals surface area contributed by atoms with Crippen LogP contribution in [0.2, 0.25) is 0 Å². The van der Waals surface area contributed by atoms with E-state index in [1.54, 1.807) is 18.2 Å². The molecule has 1 rings (SSSR count). The molecule has 1 aromatic rings. The molecule has 6 heteroatoms. The molecular weight excluding hydrogens is 312 g/mol. The second-order valence-corrected chi connectivity index (χ2v) is 4.68. The summed E-state index contributed by atoms with van der Waals surface area (Å²) in [5, 5.41) is 0. The average molecular weight is 329 g/mol. The van der Waals surface area contributed by atoms with Gasteiger partial charge in [0.25, 0.3) is 5.91 Å². The summed E-state index contributed by atoms with van der Waals surface area (Å²) in [6, 6.07) is 4.99. The molecule has 0 aliphatic carbocycles. The van der Waals surface area contributed by atoms with Crippen molar-refractivity contribution in [2.45, 2.75) is 26.7 Å². The summed E-state index contributed by atoms with van der Waals surface area (Å²) in [6.45, 7) is 4.33. The maximum absolute atomic E-state index is 11.8. The molecule has 0 atom stereocenters. The van der Waals surface area contributed by atoms with E-state index in [0.29, 0.717) is 28.8 Å². The summed E-state index contributed by atoms with van der Waals surface area (Å²) in [5.74, 6) is 0.100. The van der Waals surface area contributed by atoms with Crippen LogP contribution in [-0.2, 0) is 4.79 Å². The van der Waals surface area contributed by atoms with Crippen molar-refractivity contribution in [1.82, 2.24) is 10.9 Å². The number of halogens is 1. The highest BCUT2D eigenvalue weighted by Crippen LogP contribution is 2.25. The molecule has 0 unspecified atom stereocenters. The van der Waals surface area contributed by atoms with E-state index in [0.717, 1.165) is 6.42 Å². The lowest BCUT2D eigenvalue weighted by atomic mass is 10.2. The highest BCUT2D eigenvalue weighted by Gasteiger charge is 2.09. The van der Waals surface area contributed by atoms with Crippen molar-refractivity contribution in [2.75, 3.05) is 6.61 Å². The van der Waals surface area contributed by atoms with Crippen LogP contribution >= 0.6 is 15.9 Å². The van der Waals surface area contributed by atoms with Crippen LogP contribution in [0, 0.1) is 0 Å². The topological polar surface area (TPSA) is 67.4 Å². The Labute approximate surface area is 120 Å². The molecule has 0 saturated heterocycles. The van der Waals surface area contributed by atoms with Crippen molar-refractivity contribution < 1.29 is 14.3 Å². The first-order valence-corrected chi connectivity index (χ1v) is 6.89. The van der Waals surface area contributed by atoms with Crippen molar-refractivity contribution in [3.8, 4) is 5.75 Å². The second-order valence-electron chi connectivity index (χ2n) is 3.83. The van der Waals surface area contributed by atoms with Crippen molar-refractivity contribution in [1.29, 1.82) is 0 Å². The van der Waals surface area contributed by atoms with Crippen LogP contribution in [0.4, 0.5) is 0 Å². The van der Waals surface area contributed by atoms with Crippen LogP contribution in [0.25, 0.3) is 0 Å². The average Bonchev–Trinajstić information content (AvgIpc) is 2.39. The molecule has 1 aromatic carbocycles. The number of hydrazine groups is 1. The van der Waals surface area contributed by atoms with Gasteiger partial charge >= 0.3 is 0 Å². The summed E-state index contributed by atoms with van der Waals surface area (Å²) >= 11 is 3.33. The van der Waals surface area contributed by atoms with Crippen LogP contribution < -0.4 is 15.6 Å². The van der Waals surface area contributed by atoms with Crippen molar-refractivity contribution in [3.63, 3.8) is 0 Å². The van der Waals surface area contributed by atoms with Gasteiger partial charge in [0.05, 0.1) is 11.1 Å². The SMILES string of the molecule is CCCC(=O)NNC(=O)c1ccc(OCC)c(Br)c1. The van der Waals surface area contributed by atoms with Crippen LogP contribution in [0.1, 0.15) is 37.0 Å². The smallest absolute Gasteiger partial charge is 0.269 e. The summed E-state index contributed by atoms with van der Waals surface area (Å²) in [6.07, 6.45) is 1.11. The zero-order valence-corrected chi connectivity index (χ0v) is 12.5. The van der Waals surface area contributed by atoms with Crippen LogP contribution in [-0.4, -0.2) is 18.4 Å². The fraction of sp³-hybridized carbons (Fsp3) is 0.385. The van der Waals surface area contributed by atoms with E-state index >= 15 is 0 Å². The fourth-order valence-corrected chi connectivity index (χ4v) is 1.90. The molecule has 0 fully saturated rings. The standard InChI is InChI=1S/C13H17BrN2O3/c1-3-5-12(17)15-16-13(18)9-6-7-11(19-4-2)10(14)8-9/h6-8H,3-5H2,1-2H3,(H,15,17)(H,16,18). The highest BCUT2D eigenvalue weighted by atomic mass is 79.9.